The first-order valence-corrected chi connectivity index (χ1v) is 7.21. The van der Waals surface area contributed by atoms with Gasteiger partial charge in [-0.2, -0.15) is 0 Å². The van der Waals surface area contributed by atoms with Crippen molar-refractivity contribution in [2.24, 2.45) is 5.73 Å². The zero-order valence-electron chi connectivity index (χ0n) is 12.7. The van der Waals surface area contributed by atoms with Crippen LogP contribution in [-0.2, 0) is 0 Å². The molecule has 1 aromatic heterocycles. The molecule has 2 heterocycles. The SMILES string of the molecule is COc1ccc(-n2nnc(C(=O)N3CC[C@@H](N)C3)c2C)cc1. The number of ether oxygens (including phenoxy) is 1. The van der Waals surface area contributed by atoms with Gasteiger partial charge in [-0.15, -0.1) is 5.10 Å². The number of nitrogens with zero attached hydrogens (tertiary/aromatic N) is 4. The number of aromatic nitrogens is 3. The molecule has 3 rings (SSSR count). The van der Waals surface area contributed by atoms with Gasteiger partial charge in [-0.25, -0.2) is 4.68 Å². The highest BCUT2D eigenvalue weighted by atomic mass is 16.5. The summed E-state index contributed by atoms with van der Waals surface area (Å²) in [4.78, 5) is 14.2. The Labute approximate surface area is 128 Å². The van der Waals surface area contributed by atoms with E-state index in [4.69, 9.17) is 10.5 Å². The number of carbonyl (C=O) groups is 1. The van der Waals surface area contributed by atoms with E-state index in [9.17, 15) is 4.79 Å². The maximum atomic E-state index is 12.5. The highest BCUT2D eigenvalue weighted by Gasteiger charge is 2.28. The largest absolute Gasteiger partial charge is 0.497 e. The van der Waals surface area contributed by atoms with Crippen molar-refractivity contribution < 1.29 is 9.53 Å². The van der Waals surface area contributed by atoms with Gasteiger partial charge in [-0.1, -0.05) is 5.21 Å². The molecule has 1 aliphatic rings. The third-order valence-electron chi connectivity index (χ3n) is 3.93. The number of benzene rings is 1. The molecule has 0 spiro atoms. The first kappa shape index (κ1) is 14.5. The van der Waals surface area contributed by atoms with Crippen molar-refractivity contribution in [1.29, 1.82) is 0 Å². The lowest BCUT2D eigenvalue weighted by atomic mass is 10.2. The number of methoxy groups -OCH3 is 1. The quantitative estimate of drug-likeness (QED) is 0.904. The summed E-state index contributed by atoms with van der Waals surface area (Å²) < 4.78 is 6.79. The van der Waals surface area contributed by atoms with Crippen molar-refractivity contribution in [3.63, 3.8) is 0 Å². The Kier molecular flexibility index (Phi) is 3.81. The van der Waals surface area contributed by atoms with Crippen LogP contribution in [0, 0.1) is 6.92 Å². The molecule has 1 saturated heterocycles. The van der Waals surface area contributed by atoms with Crippen LogP contribution < -0.4 is 10.5 Å². The Balaban J connectivity index is 1.86. The fourth-order valence-electron chi connectivity index (χ4n) is 2.62. The molecule has 0 bridgehead atoms. The second kappa shape index (κ2) is 5.76. The first-order valence-electron chi connectivity index (χ1n) is 7.21. The number of rotatable bonds is 3. The lowest BCUT2D eigenvalue weighted by Gasteiger charge is -2.14. The van der Waals surface area contributed by atoms with E-state index in [1.54, 1.807) is 16.7 Å². The van der Waals surface area contributed by atoms with Crippen molar-refractivity contribution in [3.05, 3.63) is 35.7 Å². The van der Waals surface area contributed by atoms with Crippen molar-refractivity contribution >= 4 is 5.91 Å². The highest BCUT2D eigenvalue weighted by molar-refractivity contribution is 5.93. The Morgan fingerprint density at radius 3 is 2.68 bits per heavy atom. The minimum atomic E-state index is -0.106. The molecular formula is C15H19N5O2. The monoisotopic (exact) mass is 301 g/mol. The first-order chi connectivity index (χ1) is 10.6. The molecule has 2 N–H and O–H groups in total. The van der Waals surface area contributed by atoms with Crippen LogP contribution in [0.25, 0.3) is 5.69 Å². The molecule has 1 fully saturated rings. The Morgan fingerprint density at radius 2 is 2.09 bits per heavy atom. The van der Waals surface area contributed by atoms with Crippen LogP contribution in [0.3, 0.4) is 0 Å². The van der Waals surface area contributed by atoms with E-state index in [1.807, 2.05) is 31.2 Å². The Morgan fingerprint density at radius 1 is 1.36 bits per heavy atom. The summed E-state index contributed by atoms with van der Waals surface area (Å²) in [6.07, 6.45) is 0.831. The predicted octanol–water partition coefficient (Wildman–Crippen LogP) is 0.758. The van der Waals surface area contributed by atoms with Gasteiger partial charge in [0.05, 0.1) is 18.5 Å². The van der Waals surface area contributed by atoms with E-state index in [0.717, 1.165) is 23.6 Å². The van der Waals surface area contributed by atoms with E-state index in [0.29, 0.717) is 18.8 Å². The molecule has 22 heavy (non-hydrogen) atoms. The normalized spacial score (nSPS) is 17.8. The molecule has 0 saturated carbocycles. The molecule has 0 aliphatic carbocycles. The average molecular weight is 301 g/mol. The maximum Gasteiger partial charge on any atom is 0.276 e. The number of amides is 1. The van der Waals surface area contributed by atoms with E-state index in [1.165, 1.54) is 0 Å². The summed E-state index contributed by atoms with van der Waals surface area (Å²) in [5, 5.41) is 8.15. The summed E-state index contributed by atoms with van der Waals surface area (Å²) in [5.74, 6) is 0.661. The lowest BCUT2D eigenvalue weighted by molar-refractivity contribution is 0.0784. The topological polar surface area (TPSA) is 86.3 Å². The van der Waals surface area contributed by atoms with Gasteiger partial charge in [0.2, 0.25) is 0 Å². The molecule has 1 atom stereocenters. The van der Waals surface area contributed by atoms with Crippen LogP contribution >= 0.6 is 0 Å². The van der Waals surface area contributed by atoms with Gasteiger partial charge in [-0.3, -0.25) is 4.79 Å². The van der Waals surface area contributed by atoms with Gasteiger partial charge in [0.25, 0.3) is 5.91 Å². The van der Waals surface area contributed by atoms with E-state index in [2.05, 4.69) is 10.3 Å². The van der Waals surface area contributed by atoms with Crippen molar-refractivity contribution in [2.45, 2.75) is 19.4 Å². The van der Waals surface area contributed by atoms with Crippen LogP contribution in [0.15, 0.2) is 24.3 Å². The standard InChI is InChI=1S/C15H19N5O2/c1-10-14(15(21)19-8-7-11(16)9-19)17-18-20(10)12-3-5-13(22-2)6-4-12/h3-6,11H,7-9,16H2,1-2H3/t11-/m1/s1. The van der Waals surface area contributed by atoms with E-state index < -0.39 is 0 Å². The summed E-state index contributed by atoms with van der Waals surface area (Å²) in [7, 11) is 1.62. The molecular weight excluding hydrogens is 282 g/mol. The molecule has 7 heteroatoms. The molecule has 0 unspecified atom stereocenters. The highest BCUT2D eigenvalue weighted by Crippen LogP contribution is 2.18. The second-order valence-corrected chi connectivity index (χ2v) is 5.43. The number of nitrogens with two attached hydrogens (primary N) is 1. The molecule has 1 amide bonds. The molecule has 116 valence electrons. The molecule has 0 radical (unpaired) electrons. The van der Waals surface area contributed by atoms with Crippen molar-refractivity contribution in [3.8, 4) is 11.4 Å². The minimum Gasteiger partial charge on any atom is -0.497 e. The number of likely N-dealkylation sites (tertiary alicyclic amines) is 1. The number of hydrogen-bond acceptors (Lipinski definition) is 5. The number of carbonyl (C=O) groups excluding carboxylic acids is 1. The summed E-state index contributed by atoms with van der Waals surface area (Å²) in [6.45, 7) is 3.09. The fraction of sp³-hybridized carbons (Fsp3) is 0.400. The summed E-state index contributed by atoms with van der Waals surface area (Å²) in [5.41, 5.74) is 7.79. The van der Waals surface area contributed by atoms with Crippen LogP contribution in [0.4, 0.5) is 0 Å². The van der Waals surface area contributed by atoms with Crippen LogP contribution in [0.5, 0.6) is 5.75 Å². The van der Waals surface area contributed by atoms with Gasteiger partial charge in [0.15, 0.2) is 5.69 Å². The molecule has 7 nitrogen and oxygen atoms in total. The Bertz CT molecular complexity index is 680. The average Bonchev–Trinajstić information content (AvgIpc) is 3.13. The smallest absolute Gasteiger partial charge is 0.276 e. The second-order valence-electron chi connectivity index (χ2n) is 5.43. The van der Waals surface area contributed by atoms with Crippen molar-refractivity contribution in [2.75, 3.05) is 20.2 Å². The lowest BCUT2D eigenvalue weighted by Crippen LogP contribution is -2.32. The summed E-state index contributed by atoms with van der Waals surface area (Å²) in [6, 6.07) is 7.50. The van der Waals surface area contributed by atoms with Gasteiger partial charge in [0, 0.05) is 19.1 Å². The molecule has 2 aromatic rings. The van der Waals surface area contributed by atoms with Crippen molar-refractivity contribution in [1.82, 2.24) is 19.9 Å². The van der Waals surface area contributed by atoms with Crippen LogP contribution in [0.2, 0.25) is 0 Å². The van der Waals surface area contributed by atoms with E-state index in [-0.39, 0.29) is 11.9 Å². The third kappa shape index (κ3) is 2.55. The van der Waals surface area contributed by atoms with Gasteiger partial charge < -0.3 is 15.4 Å². The minimum absolute atomic E-state index is 0.0564. The Hall–Kier alpha value is -2.41. The molecule has 1 aromatic carbocycles. The van der Waals surface area contributed by atoms with Crippen LogP contribution in [-0.4, -0.2) is 52.0 Å². The van der Waals surface area contributed by atoms with Crippen LogP contribution in [0.1, 0.15) is 22.6 Å². The van der Waals surface area contributed by atoms with Gasteiger partial charge in [-0.05, 0) is 37.6 Å². The maximum absolute atomic E-state index is 12.5. The molecule has 1 aliphatic heterocycles. The zero-order chi connectivity index (χ0) is 15.7. The number of hydrogen-bond donors (Lipinski definition) is 1. The summed E-state index contributed by atoms with van der Waals surface area (Å²) >= 11 is 0. The van der Waals surface area contributed by atoms with Gasteiger partial charge in [0.1, 0.15) is 5.75 Å². The third-order valence-corrected chi connectivity index (χ3v) is 3.93. The van der Waals surface area contributed by atoms with Gasteiger partial charge >= 0.3 is 0 Å². The zero-order valence-corrected chi connectivity index (χ0v) is 12.7. The van der Waals surface area contributed by atoms with E-state index >= 15 is 0 Å². The fourth-order valence-corrected chi connectivity index (χ4v) is 2.62. The predicted molar refractivity (Wildman–Crippen MR) is 81.1 cm³/mol.